The predicted molar refractivity (Wildman–Crippen MR) is 130 cm³/mol. The van der Waals surface area contributed by atoms with Crippen LogP contribution in [0.15, 0.2) is 50.2 Å². The van der Waals surface area contributed by atoms with Crippen LogP contribution in [0.2, 0.25) is 0 Å². The van der Waals surface area contributed by atoms with E-state index in [1.165, 1.54) is 11.8 Å². The molecule has 0 saturated carbocycles. The summed E-state index contributed by atoms with van der Waals surface area (Å²) in [5, 5.41) is 3.71. The first kappa shape index (κ1) is 25.6. The summed E-state index contributed by atoms with van der Waals surface area (Å²) in [6.07, 6.45) is 0.739. The maximum Gasteiger partial charge on any atom is 0.251 e. The summed E-state index contributed by atoms with van der Waals surface area (Å²) < 4.78 is 1.86. The van der Waals surface area contributed by atoms with Crippen molar-refractivity contribution >= 4 is 29.5 Å². The number of hydrogen-bond donors (Lipinski definition) is 3. The molecule has 0 fully saturated rings. The molecule has 0 atom stereocenters. The molecule has 10 heteroatoms. The molecule has 1 aromatic heterocycles. The van der Waals surface area contributed by atoms with Crippen LogP contribution in [0.4, 0.5) is 5.95 Å². The first-order chi connectivity index (χ1) is 15.4. The summed E-state index contributed by atoms with van der Waals surface area (Å²) in [7, 11) is 7.60. The van der Waals surface area contributed by atoms with E-state index in [0.29, 0.717) is 18.1 Å². The van der Waals surface area contributed by atoms with Crippen LogP contribution in [0, 0.1) is 0 Å². The molecule has 3 N–H and O–H groups in total. The summed E-state index contributed by atoms with van der Waals surface area (Å²) in [5.74, 6) is 1.29. The minimum Gasteiger partial charge on any atom is -0.351 e. The van der Waals surface area contributed by atoms with Crippen molar-refractivity contribution in [3.8, 4) is 0 Å². The van der Waals surface area contributed by atoms with Gasteiger partial charge < -0.3 is 15.6 Å². The van der Waals surface area contributed by atoms with Crippen molar-refractivity contribution < 1.29 is 4.79 Å². The second-order valence-electron chi connectivity index (χ2n) is 7.29. The number of aliphatic imine (C=N–C) groups is 1. The number of amides is 1. The van der Waals surface area contributed by atoms with Crippen molar-refractivity contribution in [2.75, 3.05) is 40.8 Å². The highest BCUT2D eigenvalue weighted by atomic mass is 32.2. The van der Waals surface area contributed by atoms with E-state index in [9.17, 15) is 4.79 Å². The third-order valence-electron chi connectivity index (χ3n) is 4.50. The number of carbonyl (C=O) groups excluding carboxylic acids is 1. The van der Waals surface area contributed by atoms with Gasteiger partial charge in [-0.05, 0) is 38.4 Å². The van der Waals surface area contributed by atoms with E-state index in [1.807, 2.05) is 74.8 Å². The number of benzene rings is 1. The van der Waals surface area contributed by atoms with E-state index in [-0.39, 0.29) is 5.91 Å². The lowest BCUT2D eigenvalue weighted by Crippen LogP contribution is -2.36. The summed E-state index contributed by atoms with van der Waals surface area (Å²) in [4.78, 5) is 29.0. The zero-order valence-corrected chi connectivity index (χ0v) is 20.6. The quantitative estimate of drug-likeness (QED) is 0.218. The maximum absolute atomic E-state index is 12.3. The van der Waals surface area contributed by atoms with Crippen LogP contribution >= 0.6 is 11.8 Å². The molecule has 0 spiro atoms. The first-order valence-corrected chi connectivity index (χ1v) is 11.5. The highest BCUT2D eigenvalue weighted by Crippen LogP contribution is 2.26. The van der Waals surface area contributed by atoms with Gasteiger partial charge in [0.1, 0.15) is 16.3 Å². The number of nitrogens with zero attached hydrogens (tertiary/aromatic N) is 5. The Morgan fingerprint density at radius 3 is 2.53 bits per heavy atom. The maximum atomic E-state index is 12.3. The Hall–Kier alpha value is -2.69. The van der Waals surface area contributed by atoms with Crippen molar-refractivity contribution in [2.45, 2.75) is 30.2 Å². The van der Waals surface area contributed by atoms with Gasteiger partial charge in [0.2, 0.25) is 5.95 Å². The fraction of sp³-hybridized carbons (Fsp3) is 0.455. The second kappa shape index (κ2) is 13.0. The Bertz CT molecular complexity index is 982. The Kier molecular flexibility index (Phi) is 10.4. The van der Waals surface area contributed by atoms with E-state index in [0.717, 1.165) is 40.8 Å². The topological polar surface area (TPSA) is 98.9 Å². The van der Waals surface area contributed by atoms with Gasteiger partial charge in [-0.1, -0.05) is 25.6 Å². The van der Waals surface area contributed by atoms with Gasteiger partial charge in [0.25, 0.3) is 5.91 Å². The van der Waals surface area contributed by atoms with Gasteiger partial charge in [-0.2, -0.15) is 4.99 Å². The average molecular weight is 459 g/mol. The van der Waals surface area contributed by atoms with Crippen LogP contribution < -0.4 is 21.7 Å². The lowest BCUT2D eigenvalue weighted by molar-refractivity contribution is 0.0951. The largest absolute Gasteiger partial charge is 0.351 e. The average Bonchev–Trinajstić information content (AvgIpc) is 2.78. The van der Waals surface area contributed by atoms with E-state index >= 15 is 0 Å². The fourth-order valence-corrected chi connectivity index (χ4v) is 3.48. The number of hydrogen-bond acceptors (Lipinski definition) is 7. The molecule has 174 valence electrons. The van der Waals surface area contributed by atoms with Crippen LogP contribution in [0.25, 0.3) is 0 Å². The molecule has 2 aromatic rings. The summed E-state index contributed by atoms with van der Waals surface area (Å²) >= 11 is 1.51. The molecule has 0 unspecified atom stereocenters. The van der Waals surface area contributed by atoms with Crippen molar-refractivity contribution in [1.82, 2.24) is 30.6 Å². The molecule has 2 rings (SSSR count). The van der Waals surface area contributed by atoms with Gasteiger partial charge in [0.15, 0.2) is 0 Å². The SMILES string of the molecule is CCNN/C(CC)=N/c1nc(Sc2ccc(C(=O)NCCN(C)C)cc2)cc(=NC)n1C. The van der Waals surface area contributed by atoms with Crippen LogP contribution in [0.1, 0.15) is 30.6 Å². The van der Waals surface area contributed by atoms with Gasteiger partial charge in [0.05, 0.1) is 0 Å². The van der Waals surface area contributed by atoms with E-state index in [1.54, 1.807) is 7.05 Å². The summed E-state index contributed by atoms with van der Waals surface area (Å²) in [6, 6.07) is 9.44. The molecular formula is C22H34N8OS. The smallest absolute Gasteiger partial charge is 0.251 e. The van der Waals surface area contributed by atoms with Gasteiger partial charge in [0, 0.05) is 56.7 Å². The molecule has 9 nitrogen and oxygen atoms in total. The minimum absolute atomic E-state index is 0.0720. The van der Waals surface area contributed by atoms with E-state index < -0.39 is 0 Å². The second-order valence-corrected chi connectivity index (χ2v) is 8.38. The fourth-order valence-electron chi connectivity index (χ4n) is 2.68. The van der Waals surface area contributed by atoms with E-state index in [4.69, 9.17) is 4.98 Å². The molecule has 0 aliphatic heterocycles. The van der Waals surface area contributed by atoms with Gasteiger partial charge >= 0.3 is 0 Å². The predicted octanol–water partition coefficient (Wildman–Crippen LogP) is 1.95. The van der Waals surface area contributed by atoms with Crippen molar-refractivity contribution in [3.63, 3.8) is 0 Å². The molecular weight excluding hydrogens is 424 g/mol. The van der Waals surface area contributed by atoms with Crippen LogP contribution in [0.5, 0.6) is 0 Å². The number of hydrazine groups is 1. The Morgan fingerprint density at radius 2 is 1.94 bits per heavy atom. The van der Waals surface area contributed by atoms with Crippen molar-refractivity contribution in [3.05, 3.63) is 41.4 Å². The third-order valence-corrected chi connectivity index (χ3v) is 5.42. The molecule has 0 saturated heterocycles. The number of amidine groups is 1. The van der Waals surface area contributed by atoms with Crippen molar-refractivity contribution in [2.24, 2.45) is 17.0 Å². The summed E-state index contributed by atoms with van der Waals surface area (Å²) in [5.41, 5.74) is 7.59. The number of carbonyl (C=O) groups is 1. The summed E-state index contributed by atoms with van der Waals surface area (Å²) in [6.45, 7) is 6.25. The molecule has 0 radical (unpaired) electrons. The highest BCUT2D eigenvalue weighted by Gasteiger charge is 2.09. The van der Waals surface area contributed by atoms with Crippen LogP contribution in [0.3, 0.4) is 0 Å². The van der Waals surface area contributed by atoms with Gasteiger partial charge in [-0.25, -0.2) is 10.4 Å². The standard InChI is InChI=1S/C22H34N8OS/c1-7-18(28-25-8-2)26-22-27-20(15-19(23-3)30(22)6)32-17-11-9-16(10-12-17)21(31)24-13-14-29(4)5/h9-12,15,25H,7-8,13-14H2,1-6H3,(H,24,31)(H,26,27,28). The van der Waals surface area contributed by atoms with Crippen molar-refractivity contribution in [1.29, 1.82) is 0 Å². The third kappa shape index (κ3) is 7.77. The van der Waals surface area contributed by atoms with Crippen LogP contribution in [-0.4, -0.2) is 67.0 Å². The van der Waals surface area contributed by atoms with Gasteiger partial charge in [-0.15, -0.1) is 0 Å². The Balaban J connectivity index is 2.20. The first-order valence-electron chi connectivity index (χ1n) is 10.7. The zero-order chi connectivity index (χ0) is 23.5. The van der Waals surface area contributed by atoms with Gasteiger partial charge in [-0.3, -0.25) is 14.4 Å². The normalized spacial score (nSPS) is 12.3. The molecule has 1 heterocycles. The lowest BCUT2D eigenvalue weighted by atomic mass is 10.2. The van der Waals surface area contributed by atoms with Crippen LogP contribution in [-0.2, 0) is 7.05 Å². The Morgan fingerprint density at radius 1 is 1.22 bits per heavy atom. The number of nitrogens with one attached hydrogen (secondary N) is 3. The highest BCUT2D eigenvalue weighted by molar-refractivity contribution is 7.99. The zero-order valence-electron chi connectivity index (χ0n) is 19.8. The lowest BCUT2D eigenvalue weighted by Gasteiger charge is -2.12. The number of aromatic nitrogens is 2. The molecule has 0 bridgehead atoms. The molecule has 1 amide bonds. The molecule has 1 aromatic carbocycles. The minimum atomic E-state index is -0.0720. The van der Waals surface area contributed by atoms with E-state index in [2.05, 4.69) is 26.2 Å². The molecule has 0 aliphatic carbocycles. The number of likely N-dealkylation sites (N-methyl/N-ethyl adjacent to an activating group) is 1. The molecule has 0 aliphatic rings. The monoisotopic (exact) mass is 458 g/mol. The number of rotatable bonds is 10. The Labute approximate surface area is 194 Å². The molecule has 32 heavy (non-hydrogen) atoms.